The molecule has 0 saturated carbocycles. The first-order valence-corrected chi connectivity index (χ1v) is 16.7. The first-order valence-electron chi connectivity index (χ1n) is 16.7. The molecule has 0 bridgehead atoms. The zero-order valence-electron chi connectivity index (χ0n) is 30.6. The van der Waals surface area contributed by atoms with Crippen molar-refractivity contribution >= 4 is 39.7 Å². The van der Waals surface area contributed by atoms with E-state index >= 15 is 35.1 Å². The highest BCUT2D eigenvalue weighted by atomic mass is 19.2. The Labute approximate surface area is 341 Å². The highest BCUT2D eigenvalue weighted by Gasteiger charge is 2.52. The van der Waals surface area contributed by atoms with Crippen LogP contribution in [0.1, 0.15) is 20.8 Å². The fourth-order valence-corrected chi connectivity index (χ4v) is 6.54. The molecule has 0 fully saturated rings. The third-order valence-electron chi connectivity index (χ3n) is 9.35. The summed E-state index contributed by atoms with van der Waals surface area (Å²) in [4.78, 5) is 27.5. The lowest BCUT2D eigenvalue weighted by molar-refractivity contribution is -0.686. The number of esters is 1. The van der Waals surface area contributed by atoms with Gasteiger partial charge in [0.15, 0.2) is 76.0 Å². The molecule has 6 rings (SSSR count). The third-order valence-corrected chi connectivity index (χ3v) is 9.35. The van der Waals surface area contributed by atoms with Gasteiger partial charge in [-0.15, -0.1) is 21.9 Å². The van der Waals surface area contributed by atoms with Crippen molar-refractivity contribution in [2.75, 3.05) is 7.11 Å². The SMILES string of the molecule is COC(=O)c1cncc[n+]1CC(=O)c1ccccc1.Fc1c(F)c(F)c([B-](c2c(F)c(F)c(F)c(F)c2F)(c2c(F)c(F)c(F)c(F)c2F)c2c(F)c(F)c(F)c(F)c2F)c(F)c1F. The number of carbonyl (C=O) groups excluding carboxylic acids is 2. The molecule has 0 aliphatic heterocycles. The van der Waals surface area contributed by atoms with E-state index in [2.05, 4.69) is 9.72 Å². The summed E-state index contributed by atoms with van der Waals surface area (Å²) < 4.78 is 300. The number of aromatic nitrogens is 2. The Balaban J connectivity index is 0.000000337. The lowest BCUT2D eigenvalue weighted by Crippen LogP contribution is -2.81. The van der Waals surface area contributed by atoms with Crippen LogP contribution < -0.4 is 26.4 Å². The van der Waals surface area contributed by atoms with E-state index in [9.17, 15) is 62.3 Å². The Morgan fingerprint density at radius 3 is 1.03 bits per heavy atom. The molecule has 0 atom stereocenters. The summed E-state index contributed by atoms with van der Waals surface area (Å²) in [6.45, 7) is 0.0664. The topological polar surface area (TPSA) is 60.1 Å². The number of rotatable bonds is 8. The van der Waals surface area contributed by atoms with Crippen LogP contribution in [0.25, 0.3) is 0 Å². The molecule has 0 aliphatic rings. The van der Waals surface area contributed by atoms with Crippen molar-refractivity contribution in [3.63, 3.8) is 0 Å². The van der Waals surface area contributed by atoms with E-state index in [1.54, 1.807) is 30.5 Å². The number of methoxy groups -OCH3 is 1. The van der Waals surface area contributed by atoms with Crippen LogP contribution in [0.3, 0.4) is 0 Å². The minimum atomic E-state index is -7.22. The number of hydrogen-bond donors (Lipinski definition) is 0. The van der Waals surface area contributed by atoms with Crippen LogP contribution >= 0.6 is 0 Å². The van der Waals surface area contributed by atoms with Gasteiger partial charge in [0.2, 0.25) is 12.3 Å². The summed E-state index contributed by atoms with van der Waals surface area (Å²) in [5, 5.41) is 0. The fraction of sp³-hybridized carbons (Fsp3) is 0.0526. The molecule has 0 spiro atoms. The maximum atomic E-state index is 15.4. The molecule has 1 aromatic heterocycles. The summed E-state index contributed by atoms with van der Waals surface area (Å²) in [6, 6.07) is 8.91. The second-order valence-electron chi connectivity index (χ2n) is 12.7. The van der Waals surface area contributed by atoms with Gasteiger partial charge in [-0.2, -0.15) is 4.57 Å². The maximum absolute atomic E-state index is 15.4. The first-order chi connectivity index (χ1) is 29.9. The van der Waals surface area contributed by atoms with E-state index in [4.69, 9.17) is 0 Å². The smallest absolute Gasteiger partial charge is 0.405 e. The van der Waals surface area contributed by atoms with Crippen LogP contribution in [0, 0.1) is 116 Å². The Kier molecular flexibility index (Phi) is 13.5. The standard InChI is InChI=1S/C24BF20.C14H13N2O3/c26-5-1(6(27)14(35)21(42)13(5)34)25(2-7(28)15(36)22(43)16(37)8(2)29,3-9(30)17(38)23(44)18(39)10(3)31)4-11(32)19(40)24(45)20(41)12(4)33;1-19-14(18)12-9-15-7-8-16(12)10-13(17)11-5-3-2-4-6-11/h;2-9H,10H2,1H3/q-1;+1. The number of ether oxygens (including phenoxy) is 1. The fourth-order valence-electron chi connectivity index (χ4n) is 6.54. The summed E-state index contributed by atoms with van der Waals surface area (Å²) in [7, 11) is 1.29. The van der Waals surface area contributed by atoms with Gasteiger partial charge in [0.25, 0.3) is 0 Å². The van der Waals surface area contributed by atoms with Crippen molar-refractivity contribution in [3.05, 3.63) is 177 Å². The van der Waals surface area contributed by atoms with Crippen molar-refractivity contribution in [1.82, 2.24) is 4.98 Å². The van der Waals surface area contributed by atoms with Crippen LogP contribution in [0.2, 0.25) is 0 Å². The largest absolute Gasteiger partial charge is 0.461 e. The lowest BCUT2D eigenvalue weighted by atomic mass is 9.12. The van der Waals surface area contributed by atoms with Gasteiger partial charge in [-0.3, -0.25) is 9.78 Å². The number of hydrogen-bond acceptors (Lipinski definition) is 4. The monoisotopic (exact) mass is 936 g/mol. The van der Waals surface area contributed by atoms with Gasteiger partial charge in [0.1, 0.15) is 58.9 Å². The number of benzene rings is 5. The molecule has 336 valence electrons. The van der Waals surface area contributed by atoms with Crippen LogP contribution in [-0.4, -0.2) is 30.0 Å². The quantitative estimate of drug-likeness (QED) is 0.0318. The molecule has 0 unspecified atom stereocenters. The summed E-state index contributed by atoms with van der Waals surface area (Å²) in [5.74, 6) is -72.0. The Hall–Kier alpha value is -7.02. The second-order valence-corrected chi connectivity index (χ2v) is 12.7. The zero-order chi connectivity index (χ0) is 48.0. The Bertz CT molecular complexity index is 2520. The van der Waals surface area contributed by atoms with Crippen molar-refractivity contribution in [3.8, 4) is 0 Å². The van der Waals surface area contributed by atoms with Gasteiger partial charge in [-0.05, 0) is 0 Å². The molecular formula is C38H13BF20N2O3. The van der Waals surface area contributed by atoms with Crippen molar-refractivity contribution < 1.29 is 107 Å². The minimum Gasteiger partial charge on any atom is -0.461 e. The molecule has 6 aromatic rings. The molecule has 0 N–H and O–H groups in total. The molecule has 5 nitrogen and oxygen atoms in total. The molecule has 0 saturated heterocycles. The predicted octanol–water partition coefficient (Wildman–Crippen LogP) is 6.88. The molecule has 0 aliphatic carbocycles. The molecule has 5 aromatic carbocycles. The number of nitrogens with zero attached hydrogens (tertiary/aromatic N) is 2. The van der Waals surface area contributed by atoms with E-state index < -0.39 is 150 Å². The van der Waals surface area contributed by atoms with Crippen LogP contribution in [0.4, 0.5) is 87.8 Å². The van der Waals surface area contributed by atoms with E-state index in [0.29, 0.717) is 5.56 Å². The number of Topliss-reactive ketones (excluding diaryl/α,β-unsaturated/α-hetero) is 1. The average molecular weight is 936 g/mol. The average Bonchev–Trinajstić information content (AvgIpc) is 3.29. The molecule has 1 heterocycles. The predicted molar refractivity (Wildman–Crippen MR) is 176 cm³/mol. The van der Waals surface area contributed by atoms with Crippen molar-refractivity contribution in [1.29, 1.82) is 0 Å². The van der Waals surface area contributed by atoms with Crippen molar-refractivity contribution in [2.24, 2.45) is 0 Å². The number of halogens is 20. The maximum Gasteiger partial charge on any atom is 0.405 e. The highest BCUT2D eigenvalue weighted by Crippen LogP contribution is 2.30. The van der Waals surface area contributed by atoms with E-state index in [-0.39, 0.29) is 18.0 Å². The lowest BCUT2D eigenvalue weighted by Gasteiger charge is -2.44. The second kappa shape index (κ2) is 18.0. The highest BCUT2D eigenvalue weighted by molar-refractivity contribution is 7.20. The normalized spacial score (nSPS) is 11.4. The van der Waals surface area contributed by atoms with Gasteiger partial charge >= 0.3 is 11.7 Å². The van der Waals surface area contributed by atoms with Gasteiger partial charge in [0, 0.05) is 5.56 Å². The van der Waals surface area contributed by atoms with E-state index in [1.807, 2.05) is 6.07 Å². The summed E-state index contributed by atoms with van der Waals surface area (Å²) in [5.41, 5.74) is -13.5. The van der Waals surface area contributed by atoms with E-state index in [1.165, 1.54) is 24.1 Å². The molecule has 26 heteroatoms. The zero-order valence-corrected chi connectivity index (χ0v) is 30.6. The van der Waals surface area contributed by atoms with Gasteiger partial charge in [0.05, 0.1) is 13.3 Å². The van der Waals surface area contributed by atoms with Crippen LogP contribution in [0.5, 0.6) is 0 Å². The van der Waals surface area contributed by atoms with Gasteiger partial charge < -0.3 is 4.74 Å². The number of ketones is 1. The Morgan fingerprint density at radius 2 is 0.750 bits per heavy atom. The molecule has 64 heavy (non-hydrogen) atoms. The van der Waals surface area contributed by atoms with Gasteiger partial charge in [-0.1, -0.05) is 30.3 Å². The Morgan fingerprint density at radius 1 is 0.469 bits per heavy atom. The van der Waals surface area contributed by atoms with E-state index in [0.717, 1.165) is 0 Å². The molecular weight excluding hydrogens is 923 g/mol. The van der Waals surface area contributed by atoms with Crippen LogP contribution in [-0.2, 0) is 11.3 Å². The van der Waals surface area contributed by atoms with Crippen LogP contribution in [0.15, 0.2) is 48.9 Å². The molecule has 0 amide bonds. The van der Waals surface area contributed by atoms with Crippen molar-refractivity contribution in [2.45, 2.75) is 6.54 Å². The first kappa shape index (κ1) is 48.0. The minimum absolute atomic E-state index is 0.0664. The summed E-state index contributed by atoms with van der Waals surface area (Å²) in [6.07, 6.45) is -2.74. The molecule has 0 radical (unpaired) electrons. The third kappa shape index (κ3) is 7.52. The van der Waals surface area contributed by atoms with Gasteiger partial charge in [-0.25, -0.2) is 92.6 Å². The summed E-state index contributed by atoms with van der Waals surface area (Å²) >= 11 is 0. The number of carbonyl (C=O) groups is 2.